The van der Waals surface area contributed by atoms with Gasteiger partial charge < -0.3 is 9.52 Å². The van der Waals surface area contributed by atoms with Gasteiger partial charge in [0, 0.05) is 12.0 Å². The van der Waals surface area contributed by atoms with Crippen molar-refractivity contribution in [2.45, 2.75) is 26.7 Å². The molecule has 0 atom stereocenters. The number of nitrogens with zero attached hydrogens (tertiary/aromatic N) is 1. The molecule has 7 heteroatoms. The van der Waals surface area contributed by atoms with Gasteiger partial charge >= 0.3 is 5.97 Å². The summed E-state index contributed by atoms with van der Waals surface area (Å²) in [4.78, 5) is 23.0. The lowest BCUT2D eigenvalue weighted by molar-refractivity contribution is -0.137. The van der Waals surface area contributed by atoms with Crippen molar-refractivity contribution in [3.63, 3.8) is 0 Å². The number of hydrazone groups is 1. The molecular formula is C15H16N2O4S. The van der Waals surface area contributed by atoms with Crippen LogP contribution in [0.15, 0.2) is 33.1 Å². The van der Waals surface area contributed by atoms with Crippen LogP contribution in [0.25, 0.3) is 0 Å². The first-order valence-corrected chi connectivity index (χ1v) is 7.55. The summed E-state index contributed by atoms with van der Waals surface area (Å²) in [6.07, 6.45) is 0.336. The first kappa shape index (κ1) is 16.0. The predicted octanol–water partition coefficient (Wildman–Crippen LogP) is 2.82. The smallest absolute Gasteiger partial charge is 0.303 e. The number of carbonyl (C=O) groups is 2. The number of hydrogen-bond donors (Lipinski definition) is 2. The van der Waals surface area contributed by atoms with Crippen LogP contribution in [0.3, 0.4) is 0 Å². The van der Waals surface area contributed by atoms with Crippen LogP contribution in [-0.2, 0) is 11.2 Å². The van der Waals surface area contributed by atoms with Gasteiger partial charge in [-0.05, 0) is 31.4 Å². The van der Waals surface area contributed by atoms with Gasteiger partial charge in [-0.2, -0.15) is 5.10 Å². The first-order chi connectivity index (χ1) is 10.5. The Morgan fingerprint density at radius 2 is 2.23 bits per heavy atom. The average molecular weight is 320 g/mol. The molecule has 0 spiro atoms. The van der Waals surface area contributed by atoms with Crippen molar-refractivity contribution >= 4 is 28.9 Å². The number of thiophene rings is 1. The van der Waals surface area contributed by atoms with E-state index in [4.69, 9.17) is 9.52 Å². The van der Waals surface area contributed by atoms with Crippen LogP contribution in [0.4, 0.5) is 0 Å². The van der Waals surface area contributed by atoms with Gasteiger partial charge in [-0.15, -0.1) is 11.3 Å². The van der Waals surface area contributed by atoms with Crippen molar-refractivity contribution in [3.8, 4) is 0 Å². The Hall–Kier alpha value is -2.41. The number of carbonyl (C=O) groups excluding carboxylic acids is 1. The second kappa shape index (κ2) is 7.04. The number of carboxylic acids is 1. The Morgan fingerprint density at radius 1 is 1.45 bits per heavy atom. The number of amides is 1. The van der Waals surface area contributed by atoms with Crippen molar-refractivity contribution in [3.05, 3.63) is 45.5 Å². The van der Waals surface area contributed by atoms with Crippen molar-refractivity contribution in [2.75, 3.05) is 0 Å². The molecule has 2 aromatic heterocycles. The molecule has 0 saturated heterocycles. The minimum Gasteiger partial charge on any atom is -0.481 e. The van der Waals surface area contributed by atoms with Gasteiger partial charge in [0.05, 0.1) is 17.0 Å². The highest BCUT2D eigenvalue weighted by Crippen LogP contribution is 2.17. The van der Waals surface area contributed by atoms with E-state index in [1.807, 2.05) is 5.38 Å². The SMILES string of the molecule is C/C(=N/NC(=O)c1cccs1)c1cc(CCC(=O)O)oc1C. The van der Waals surface area contributed by atoms with Crippen LogP contribution in [0.2, 0.25) is 0 Å². The highest BCUT2D eigenvalue weighted by molar-refractivity contribution is 7.12. The van der Waals surface area contributed by atoms with Gasteiger partial charge in [0.1, 0.15) is 11.5 Å². The summed E-state index contributed by atoms with van der Waals surface area (Å²) in [5.41, 5.74) is 3.85. The Kier molecular flexibility index (Phi) is 5.11. The van der Waals surface area contributed by atoms with Crippen LogP contribution in [0.5, 0.6) is 0 Å². The first-order valence-electron chi connectivity index (χ1n) is 6.67. The van der Waals surface area contributed by atoms with Crippen LogP contribution in [-0.4, -0.2) is 22.7 Å². The lowest BCUT2D eigenvalue weighted by atomic mass is 10.1. The van der Waals surface area contributed by atoms with Gasteiger partial charge in [-0.1, -0.05) is 6.07 Å². The van der Waals surface area contributed by atoms with E-state index >= 15 is 0 Å². The zero-order valence-electron chi connectivity index (χ0n) is 12.3. The van der Waals surface area contributed by atoms with Crippen molar-refractivity contribution < 1.29 is 19.1 Å². The molecule has 116 valence electrons. The van der Waals surface area contributed by atoms with Crippen molar-refractivity contribution in [2.24, 2.45) is 5.10 Å². The summed E-state index contributed by atoms with van der Waals surface area (Å²) < 4.78 is 5.51. The summed E-state index contributed by atoms with van der Waals surface area (Å²) in [6.45, 7) is 3.53. The Morgan fingerprint density at radius 3 is 2.86 bits per heavy atom. The van der Waals surface area contributed by atoms with Crippen LogP contribution < -0.4 is 5.43 Å². The summed E-state index contributed by atoms with van der Waals surface area (Å²) >= 11 is 1.34. The van der Waals surface area contributed by atoms with Gasteiger partial charge in [-0.25, -0.2) is 5.43 Å². The second-order valence-corrected chi connectivity index (χ2v) is 5.64. The molecule has 0 aliphatic rings. The number of carboxylic acid groups (broad SMARTS) is 1. The Balaban J connectivity index is 2.05. The predicted molar refractivity (Wildman–Crippen MR) is 83.4 cm³/mol. The van der Waals surface area contributed by atoms with E-state index in [0.29, 0.717) is 28.5 Å². The highest BCUT2D eigenvalue weighted by Gasteiger charge is 2.12. The lowest BCUT2D eigenvalue weighted by Gasteiger charge is -2.00. The quantitative estimate of drug-likeness (QED) is 0.632. The highest BCUT2D eigenvalue weighted by atomic mass is 32.1. The Labute approximate surface area is 131 Å². The summed E-state index contributed by atoms with van der Waals surface area (Å²) in [6, 6.07) is 5.28. The average Bonchev–Trinajstić information content (AvgIpc) is 3.11. The van der Waals surface area contributed by atoms with E-state index in [2.05, 4.69) is 10.5 Å². The number of nitrogens with one attached hydrogen (secondary N) is 1. The molecule has 0 saturated carbocycles. The summed E-state index contributed by atoms with van der Waals surface area (Å²) in [7, 11) is 0. The number of hydrogen-bond acceptors (Lipinski definition) is 5. The lowest BCUT2D eigenvalue weighted by Crippen LogP contribution is -2.18. The summed E-state index contributed by atoms with van der Waals surface area (Å²) in [5.74, 6) is 0.104. The van der Waals surface area contributed by atoms with Gasteiger partial charge in [-0.3, -0.25) is 9.59 Å². The van der Waals surface area contributed by atoms with Crippen molar-refractivity contribution in [1.29, 1.82) is 0 Å². The zero-order chi connectivity index (χ0) is 16.1. The molecule has 0 aliphatic carbocycles. The van der Waals surface area contributed by atoms with Gasteiger partial charge in [0.2, 0.25) is 0 Å². The van der Waals surface area contributed by atoms with Crippen molar-refractivity contribution in [1.82, 2.24) is 5.43 Å². The minimum atomic E-state index is -0.871. The minimum absolute atomic E-state index is 0.0116. The fraction of sp³-hybridized carbons (Fsp3) is 0.267. The third-order valence-electron chi connectivity index (χ3n) is 3.01. The van der Waals surface area contributed by atoms with Gasteiger partial charge in [0.15, 0.2) is 0 Å². The molecular weight excluding hydrogens is 304 g/mol. The Bertz CT molecular complexity index is 701. The van der Waals surface area contributed by atoms with E-state index < -0.39 is 5.97 Å². The molecule has 0 aliphatic heterocycles. The monoisotopic (exact) mass is 320 g/mol. The molecule has 0 aromatic carbocycles. The number of aryl methyl sites for hydroxylation is 2. The number of aliphatic carboxylic acids is 1. The normalized spacial score (nSPS) is 11.5. The maximum absolute atomic E-state index is 11.8. The summed E-state index contributed by atoms with van der Waals surface area (Å²) in [5, 5.41) is 14.6. The topological polar surface area (TPSA) is 91.9 Å². The molecule has 0 radical (unpaired) electrons. The molecule has 2 rings (SSSR count). The zero-order valence-corrected chi connectivity index (χ0v) is 13.1. The molecule has 2 N–H and O–H groups in total. The fourth-order valence-electron chi connectivity index (χ4n) is 1.91. The van der Waals surface area contributed by atoms with E-state index in [1.165, 1.54) is 11.3 Å². The van der Waals surface area contributed by atoms with Crippen LogP contribution in [0, 0.1) is 6.92 Å². The largest absolute Gasteiger partial charge is 0.481 e. The van der Waals surface area contributed by atoms with Crippen LogP contribution in [0.1, 0.15) is 40.1 Å². The van der Waals surface area contributed by atoms with E-state index in [-0.39, 0.29) is 12.3 Å². The number of rotatable bonds is 6. The molecule has 0 unspecified atom stereocenters. The molecule has 2 heterocycles. The molecule has 0 fully saturated rings. The van der Waals surface area contributed by atoms with Gasteiger partial charge in [0.25, 0.3) is 5.91 Å². The molecule has 0 bridgehead atoms. The van der Waals surface area contributed by atoms with E-state index in [9.17, 15) is 9.59 Å². The maximum Gasteiger partial charge on any atom is 0.303 e. The standard InChI is InChI=1S/C15H16N2O4S/c1-9(16-17-15(20)13-4-3-7-22-13)12-8-11(21-10(12)2)5-6-14(18)19/h3-4,7-8H,5-6H2,1-2H3,(H,17,20)(H,18,19)/b16-9-. The fourth-order valence-corrected chi connectivity index (χ4v) is 2.53. The van der Waals surface area contributed by atoms with E-state index in [1.54, 1.807) is 32.0 Å². The van der Waals surface area contributed by atoms with Crippen LogP contribution >= 0.6 is 11.3 Å². The third-order valence-corrected chi connectivity index (χ3v) is 3.88. The molecule has 1 amide bonds. The second-order valence-electron chi connectivity index (χ2n) is 4.69. The molecule has 22 heavy (non-hydrogen) atoms. The maximum atomic E-state index is 11.8. The number of furan rings is 1. The molecule has 2 aromatic rings. The molecule has 6 nitrogen and oxygen atoms in total. The van der Waals surface area contributed by atoms with E-state index in [0.717, 1.165) is 5.56 Å². The third kappa shape index (κ3) is 4.05.